The molecule has 1 aliphatic heterocycles. The summed E-state index contributed by atoms with van der Waals surface area (Å²) in [6.45, 7) is 3.87. The van der Waals surface area contributed by atoms with E-state index in [4.69, 9.17) is 9.40 Å². The van der Waals surface area contributed by atoms with Gasteiger partial charge in [0.1, 0.15) is 11.6 Å². The maximum Gasteiger partial charge on any atom is 0.227 e. The number of anilines is 1. The molecule has 5 heteroatoms. The number of fused-ring (bicyclic) bond motifs is 1. The van der Waals surface area contributed by atoms with Gasteiger partial charge in [-0.15, -0.1) is 0 Å². The lowest BCUT2D eigenvalue weighted by atomic mass is 9.93. The molecule has 0 spiro atoms. The Morgan fingerprint density at radius 1 is 1.03 bits per heavy atom. The lowest BCUT2D eigenvalue weighted by Gasteiger charge is -2.25. The molecule has 5 rings (SSSR count). The normalized spacial score (nSPS) is 16.1. The summed E-state index contributed by atoms with van der Waals surface area (Å²) in [7, 11) is 4.27. The molecule has 0 radical (unpaired) electrons. The maximum absolute atomic E-state index is 10.1. The van der Waals surface area contributed by atoms with Crippen LogP contribution >= 0.6 is 0 Å². The molecule has 1 atom stereocenters. The number of aromatic nitrogens is 1. The molecule has 32 heavy (non-hydrogen) atoms. The Kier molecular flexibility index (Phi) is 5.16. The van der Waals surface area contributed by atoms with Crippen LogP contribution in [0.3, 0.4) is 0 Å². The molecule has 1 saturated heterocycles. The molecule has 0 N–H and O–H groups in total. The second kappa shape index (κ2) is 8.14. The molecule has 0 amide bonds. The van der Waals surface area contributed by atoms with Gasteiger partial charge >= 0.3 is 0 Å². The van der Waals surface area contributed by atoms with Gasteiger partial charge in [0, 0.05) is 30.3 Å². The van der Waals surface area contributed by atoms with E-state index in [0.29, 0.717) is 28.6 Å². The summed E-state index contributed by atoms with van der Waals surface area (Å²) in [6.07, 6.45) is 1.08. The van der Waals surface area contributed by atoms with Crippen molar-refractivity contribution in [2.45, 2.75) is 19.4 Å². The van der Waals surface area contributed by atoms with Crippen LogP contribution in [0.1, 0.15) is 17.5 Å². The highest BCUT2D eigenvalue weighted by atomic mass is 16.3. The highest BCUT2D eigenvalue weighted by Gasteiger charge is 2.31. The van der Waals surface area contributed by atoms with Crippen LogP contribution in [-0.4, -0.2) is 43.1 Å². The minimum absolute atomic E-state index is 0.473. The fourth-order valence-corrected chi connectivity index (χ4v) is 4.71. The molecule has 1 fully saturated rings. The Morgan fingerprint density at radius 3 is 2.28 bits per heavy atom. The molecule has 0 bridgehead atoms. The van der Waals surface area contributed by atoms with Crippen molar-refractivity contribution in [1.82, 2.24) is 9.88 Å². The van der Waals surface area contributed by atoms with Crippen molar-refractivity contribution in [3.63, 3.8) is 0 Å². The van der Waals surface area contributed by atoms with Crippen molar-refractivity contribution in [1.29, 1.82) is 5.26 Å². The smallest absolute Gasteiger partial charge is 0.227 e. The van der Waals surface area contributed by atoms with E-state index in [1.807, 2.05) is 55.5 Å². The summed E-state index contributed by atoms with van der Waals surface area (Å²) in [4.78, 5) is 9.50. The van der Waals surface area contributed by atoms with Crippen LogP contribution in [0.4, 0.5) is 5.69 Å². The van der Waals surface area contributed by atoms with Gasteiger partial charge in [0.25, 0.3) is 0 Å². The summed E-state index contributed by atoms with van der Waals surface area (Å²) >= 11 is 0. The van der Waals surface area contributed by atoms with Crippen molar-refractivity contribution >= 4 is 16.8 Å². The van der Waals surface area contributed by atoms with Crippen LogP contribution in [0.2, 0.25) is 0 Å². The highest BCUT2D eigenvalue weighted by molar-refractivity contribution is 6.03. The van der Waals surface area contributed by atoms with E-state index < -0.39 is 0 Å². The Balaban J connectivity index is 1.81. The minimum Gasteiger partial charge on any atom is -0.434 e. The highest BCUT2D eigenvalue weighted by Crippen LogP contribution is 2.45. The number of hydrogen-bond donors (Lipinski definition) is 0. The Labute approximate surface area is 188 Å². The molecule has 0 unspecified atom stereocenters. The Bertz CT molecular complexity index is 1300. The summed E-state index contributed by atoms with van der Waals surface area (Å²) in [6, 6.07) is 23.1. The van der Waals surface area contributed by atoms with Crippen LogP contribution in [0.15, 0.2) is 65.1 Å². The van der Waals surface area contributed by atoms with Crippen molar-refractivity contribution < 1.29 is 4.42 Å². The quantitative estimate of drug-likeness (QED) is 0.436. The second-order valence-corrected chi connectivity index (χ2v) is 8.62. The van der Waals surface area contributed by atoms with Crippen molar-refractivity contribution in [2.24, 2.45) is 0 Å². The van der Waals surface area contributed by atoms with E-state index >= 15 is 0 Å². The molecular weight excluding hydrogens is 396 g/mol. The van der Waals surface area contributed by atoms with Gasteiger partial charge in [0.05, 0.1) is 11.3 Å². The first kappa shape index (κ1) is 20.3. The third-order valence-corrected chi connectivity index (χ3v) is 6.47. The molecule has 0 aliphatic carbocycles. The van der Waals surface area contributed by atoms with Gasteiger partial charge in [-0.3, -0.25) is 0 Å². The molecule has 1 aliphatic rings. The summed E-state index contributed by atoms with van der Waals surface area (Å²) in [5.41, 5.74) is 6.97. The molecule has 0 saturated carbocycles. The first-order valence-corrected chi connectivity index (χ1v) is 11.0. The Hall–Kier alpha value is -3.62. The molecule has 4 aromatic rings. The monoisotopic (exact) mass is 422 g/mol. The van der Waals surface area contributed by atoms with Crippen molar-refractivity contribution in [3.8, 4) is 28.7 Å². The van der Waals surface area contributed by atoms with Crippen LogP contribution in [0, 0.1) is 18.3 Å². The maximum atomic E-state index is 10.1. The van der Waals surface area contributed by atoms with E-state index in [2.05, 4.69) is 42.1 Å². The van der Waals surface area contributed by atoms with E-state index in [1.54, 1.807) is 0 Å². The molecule has 1 aromatic heterocycles. The van der Waals surface area contributed by atoms with E-state index in [0.717, 1.165) is 47.5 Å². The van der Waals surface area contributed by atoms with E-state index in [-0.39, 0.29) is 0 Å². The third kappa shape index (κ3) is 3.34. The van der Waals surface area contributed by atoms with Crippen LogP contribution in [0.25, 0.3) is 33.7 Å². The standard InChI is InChI=1S/C27H26N4O/c1-18-22(16-28)24-26(32-27(29-24)20-12-8-5-9-13-20)25(23(18)19-10-6-4-7-11-19)31-15-14-21(17-31)30(2)3/h4-13,21H,14-15,17H2,1-3H3/t21-/m0/s1. The number of rotatable bonds is 4. The average Bonchev–Trinajstić information content (AvgIpc) is 3.48. The first-order chi connectivity index (χ1) is 15.6. The minimum atomic E-state index is 0.473. The van der Waals surface area contributed by atoms with Gasteiger partial charge in [0.2, 0.25) is 5.89 Å². The fourth-order valence-electron chi connectivity index (χ4n) is 4.71. The number of nitriles is 1. The van der Waals surface area contributed by atoms with Crippen LogP contribution in [0.5, 0.6) is 0 Å². The lowest BCUT2D eigenvalue weighted by molar-refractivity contribution is 0.315. The van der Waals surface area contributed by atoms with E-state index in [1.165, 1.54) is 0 Å². The van der Waals surface area contributed by atoms with Gasteiger partial charge in [-0.25, -0.2) is 4.98 Å². The van der Waals surface area contributed by atoms with Crippen LogP contribution < -0.4 is 4.90 Å². The SMILES string of the molecule is Cc1c(-c2ccccc2)c(N2CC[C@H](N(C)C)C2)c2oc(-c3ccccc3)nc2c1C#N. The molecule has 5 nitrogen and oxygen atoms in total. The zero-order chi connectivity index (χ0) is 22.2. The molecular formula is C27H26N4O. The van der Waals surface area contributed by atoms with Crippen molar-refractivity contribution in [2.75, 3.05) is 32.1 Å². The predicted octanol–water partition coefficient (Wildman–Crippen LogP) is 5.48. The molecule has 2 heterocycles. The molecule has 160 valence electrons. The van der Waals surface area contributed by atoms with Gasteiger partial charge in [-0.05, 0) is 50.7 Å². The van der Waals surface area contributed by atoms with Gasteiger partial charge in [0.15, 0.2) is 5.58 Å². The summed E-state index contributed by atoms with van der Waals surface area (Å²) < 4.78 is 6.44. The summed E-state index contributed by atoms with van der Waals surface area (Å²) in [5.74, 6) is 0.548. The summed E-state index contributed by atoms with van der Waals surface area (Å²) in [5, 5.41) is 10.1. The van der Waals surface area contributed by atoms with Gasteiger partial charge in [-0.2, -0.15) is 5.26 Å². The fraction of sp³-hybridized carbons (Fsp3) is 0.259. The zero-order valence-corrected chi connectivity index (χ0v) is 18.7. The molecule has 3 aromatic carbocycles. The lowest BCUT2D eigenvalue weighted by Crippen LogP contribution is -2.31. The average molecular weight is 423 g/mol. The van der Waals surface area contributed by atoms with Gasteiger partial charge < -0.3 is 14.2 Å². The number of likely N-dealkylation sites (N-methyl/N-ethyl adjacent to an activating group) is 1. The predicted molar refractivity (Wildman–Crippen MR) is 129 cm³/mol. The van der Waals surface area contributed by atoms with Crippen LogP contribution in [-0.2, 0) is 0 Å². The van der Waals surface area contributed by atoms with Gasteiger partial charge in [-0.1, -0.05) is 48.5 Å². The largest absolute Gasteiger partial charge is 0.434 e. The number of oxazole rings is 1. The number of benzene rings is 3. The number of nitrogens with zero attached hydrogens (tertiary/aromatic N) is 4. The second-order valence-electron chi connectivity index (χ2n) is 8.62. The van der Waals surface area contributed by atoms with Crippen molar-refractivity contribution in [3.05, 3.63) is 71.8 Å². The Morgan fingerprint density at radius 2 is 1.69 bits per heavy atom. The zero-order valence-electron chi connectivity index (χ0n) is 18.7. The number of hydrogen-bond acceptors (Lipinski definition) is 5. The van der Waals surface area contributed by atoms with E-state index in [9.17, 15) is 5.26 Å². The first-order valence-electron chi connectivity index (χ1n) is 11.0. The third-order valence-electron chi connectivity index (χ3n) is 6.47. The topological polar surface area (TPSA) is 56.3 Å².